The van der Waals surface area contributed by atoms with Gasteiger partial charge < -0.3 is 10.1 Å². The van der Waals surface area contributed by atoms with Crippen molar-refractivity contribution in [1.82, 2.24) is 4.72 Å². The van der Waals surface area contributed by atoms with Crippen LogP contribution in [0.4, 0.5) is 5.69 Å². The van der Waals surface area contributed by atoms with Crippen LogP contribution < -0.4 is 10.0 Å². The summed E-state index contributed by atoms with van der Waals surface area (Å²) in [6.07, 6.45) is 0.895. The number of benzene rings is 2. The third-order valence-electron chi connectivity index (χ3n) is 3.80. The predicted octanol–water partition coefficient (Wildman–Crippen LogP) is 3.12. The van der Waals surface area contributed by atoms with Gasteiger partial charge in [-0.15, -0.1) is 0 Å². The molecular weight excluding hydrogens is 392 g/mol. The van der Waals surface area contributed by atoms with Crippen LogP contribution in [0.15, 0.2) is 53.4 Å². The molecule has 0 saturated carbocycles. The largest absolute Gasteiger partial charge is 0.452 e. The fourth-order valence-corrected chi connectivity index (χ4v) is 3.95. The summed E-state index contributed by atoms with van der Waals surface area (Å²) in [7, 11) is -3.79. The van der Waals surface area contributed by atoms with E-state index in [9.17, 15) is 18.0 Å². The Labute approximate surface area is 171 Å². The fraction of sp³-hybridized carbons (Fsp3) is 0.333. The molecule has 0 unspecified atom stereocenters. The number of esters is 1. The average Bonchev–Trinajstić information content (AvgIpc) is 2.65. The van der Waals surface area contributed by atoms with E-state index < -0.39 is 34.0 Å². The molecule has 0 atom stereocenters. The van der Waals surface area contributed by atoms with Gasteiger partial charge in [0.15, 0.2) is 6.61 Å². The van der Waals surface area contributed by atoms with Crippen molar-refractivity contribution >= 4 is 27.6 Å². The van der Waals surface area contributed by atoms with Gasteiger partial charge >= 0.3 is 5.97 Å². The van der Waals surface area contributed by atoms with Gasteiger partial charge in [0.2, 0.25) is 10.0 Å². The van der Waals surface area contributed by atoms with Gasteiger partial charge in [-0.05, 0) is 63.1 Å². The molecule has 0 bridgehead atoms. The summed E-state index contributed by atoms with van der Waals surface area (Å²) in [5.41, 5.74) is 1.12. The summed E-state index contributed by atoms with van der Waals surface area (Å²) < 4.78 is 32.3. The topological polar surface area (TPSA) is 102 Å². The number of nitrogens with one attached hydrogen (secondary N) is 2. The molecule has 0 aliphatic heterocycles. The van der Waals surface area contributed by atoms with Gasteiger partial charge in [0.05, 0.1) is 10.5 Å². The molecule has 0 radical (unpaired) electrons. The number of anilines is 1. The van der Waals surface area contributed by atoms with Crippen molar-refractivity contribution in [2.24, 2.45) is 0 Å². The summed E-state index contributed by atoms with van der Waals surface area (Å²) >= 11 is 0. The molecule has 2 N–H and O–H groups in total. The van der Waals surface area contributed by atoms with Crippen molar-refractivity contribution in [2.45, 2.75) is 44.6 Å². The first kappa shape index (κ1) is 22.6. The number of carbonyl (C=O) groups is 2. The molecule has 0 spiro atoms. The Hall–Kier alpha value is -2.71. The minimum atomic E-state index is -3.79. The van der Waals surface area contributed by atoms with E-state index in [0.717, 1.165) is 12.0 Å². The Balaban J connectivity index is 1.99. The summed E-state index contributed by atoms with van der Waals surface area (Å²) in [5.74, 6) is -1.27. The summed E-state index contributed by atoms with van der Waals surface area (Å²) in [5, 5.41) is 2.64. The SMILES string of the molecule is CCc1ccc(NC(=O)COC(=O)c2cccc(S(=O)(=O)NC(C)(C)C)c2)cc1. The van der Waals surface area contributed by atoms with Gasteiger partial charge in [-0.25, -0.2) is 17.9 Å². The monoisotopic (exact) mass is 418 g/mol. The van der Waals surface area contributed by atoms with Crippen molar-refractivity contribution < 1.29 is 22.7 Å². The second-order valence-electron chi connectivity index (χ2n) is 7.56. The van der Waals surface area contributed by atoms with Crippen molar-refractivity contribution in [1.29, 1.82) is 0 Å². The van der Waals surface area contributed by atoms with Gasteiger partial charge in [-0.2, -0.15) is 0 Å². The van der Waals surface area contributed by atoms with Crippen molar-refractivity contribution in [3.8, 4) is 0 Å². The smallest absolute Gasteiger partial charge is 0.338 e. The first-order chi connectivity index (χ1) is 13.5. The molecule has 2 aromatic carbocycles. The highest BCUT2D eigenvalue weighted by molar-refractivity contribution is 7.89. The molecule has 2 aromatic rings. The standard InChI is InChI=1S/C21H26N2O5S/c1-5-15-9-11-17(12-10-15)22-19(24)14-28-20(25)16-7-6-8-18(13-16)29(26,27)23-21(2,3)4/h6-13,23H,5,14H2,1-4H3,(H,22,24). The van der Waals surface area contributed by atoms with E-state index in [2.05, 4.69) is 10.0 Å². The van der Waals surface area contributed by atoms with Crippen molar-refractivity contribution in [2.75, 3.05) is 11.9 Å². The number of carbonyl (C=O) groups excluding carboxylic acids is 2. The van der Waals surface area contributed by atoms with Crippen LogP contribution in [0.1, 0.15) is 43.6 Å². The van der Waals surface area contributed by atoms with Gasteiger partial charge in [-0.1, -0.05) is 25.1 Å². The Bertz CT molecular complexity index is 977. The van der Waals surface area contributed by atoms with Crippen molar-refractivity contribution in [3.05, 3.63) is 59.7 Å². The average molecular weight is 419 g/mol. The van der Waals surface area contributed by atoms with Crippen LogP contribution in [0.25, 0.3) is 0 Å². The van der Waals surface area contributed by atoms with E-state index >= 15 is 0 Å². The Morgan fingerprint density at radius 2 is 1.69 bits per heavy atom. The molecular formula is C21H26N2O5S. The van der Waals surface area contributed by atoms with E-state index in [-0.39, 0.29) is 10.5 Å². The number of hydrogen-bond donors (Lipinski definition) is 2. The van der Waals surface area contributed by atoms with E-state index in [0.29, 0.717) is 5.69 Å². The maximum Gasteiger partial charge on any atom is 0.338 e. The zero-order chi connectivity index (χ0) is 21.7. The van der Waals surface area contributed by atoms with Gasteiger partial charge in [-0.3, -0.25) is 4.79 Å². The number of sulfonamides is 1. The van der Waals surface area contributed by atoms with E-state index in [1.807, 2.05) is 19.1 Å². The molecule has 156 valence electrons. The molecule has 2 rings (SSSR count). The molecule has 29 heavy (non-hydrogen) atoms. The van der Waals surface area contributed by atoms with Crippen LogP contribution in [-0.4, -0.2) is 32.4 Å². The Kier molecular flexibility index (Phi) is 7.16. The van der Waals surface area contributed by atoms with Crippen LogP contribution in [0.5, 0.6) is 0 Å². The Morgan fingerprint density at radius 1 is 1.03 bits per heavy atom. The zero-order valence-electron chi connectivity index (χ0n) is 17.0. The summed E-state index contributed by atoms with van der Waals surface area (Å²) in [6.45, 7) is 6.71. The fourth-order valence-electron chi connectivity index (χ4n) is 2.49. The van der Waals surface area contributed by atoms with Crippen LogP contribution in [0.3, 0.4) is 0 Å². The summed E-state index contributed by atoms with van der Waals surface area (Å²) in [4.78, 5) is 24.2. The molecule has 1 amide bonds. The minimum absolute atomic E-state index is 0.0434. The quantitative estimate of drug-likeness (QED) is 0.673. The summed E-state index contributed by atoms with van der Waals surface area (Å²) in [6, 6.07) is 12.8. The first-order valence-electron chi connectivity index (χ1n) is 9.20. The van der Waals surface area contributed by atoms with Gasteiger partial charge in [0.25, 0.3) is 5.91 Å². The second kappa shape index (κ2) is 9.19. The number of amides is 1. The zero-order valence-corrected chi connectivity index (χ0v) is 17.8. The van der Waals surface area contributed by atoms with E-state index in [1.54, 1.807) is 32.9 Å². The van der Waals surface area contributed by atoms with Crippen molar-refractivity contribution in [3.63, 3.8) is 0 Å². The predicted molar refractivity (Wildman–Crippen MR) is 111 cm³/mol. The lowest BCUT2D eigenvalue weighted by atomic mass is 10.1. The van der Waals surface area contributed by atoms with Crippen LogP contribution in [0.2, 0.25) is 0 Å². The molecule has 0 aromatic heterocycles. The molecule has 0 fully saturated rings. The molecule has 0 saturated heterocycles. The highest BCUT2D eigenvalue weighted by atomic mass is 32.2. The molecule has 0 heterocycles. The molecule has 0 aliphatic rings. The third-order valence-corrected chi connectivity index (χ3v) is 5.56. The number of hydrogen-bond acceptors (Lipinski definition) is 5. The van der Waals surface area contributed by atoms with Crippen LogP contribution in [-0.2, 0) is 26.0 Å². The highest BCUT2D eigenvalue weighted by Crippen LogP contribution is 2.15. The van der Waals surface area contributed by atoms with Crippen LogP contribution in [0, 0.1) is 0 Å². The van der Waals surface area contributed by atoms with E-state index in [4.69, 9.17) is 4.74 Å². The number of rotatable bonds is 7. The number of aryl methyl sites for hydroxylation is 1. The maximum absolute atomic E-state index is 12.4. The highest BCUT2D eigenvalue weighted by Gasteiger charge is 2.23. The lowest BCUT2D eigenvalue weighted by Gasteiger charge is -2.20. The first-order valence-corrected chi connectivity index (χ1v) is 10.7. The third kappa shape index (κ3) is 6.99. The van der Waals surface area contributed by atoms with Gasteiger partial charge in [0.1, 0.15) is 0 Å². The Morgan fingerprint density at radius 3 is 2.28 bits per heavy atom. The van der Waals surface area contributed by atoms with Gasteiger partial charge in [0, 0.05) is 11.2 Å². The number of ether oxygens (including phenoxy) is 1. The molecule has 8 heteroatoms. The lowest BCUT2D eigenvalue weighted by Crippen LogP contribution is -2.40. The lowest BCUT2D eigenvalue weighted by molar-refractivity contribution is -0.119. The molecule has 0 aliphatic carbocycles. The minimum Gasteiger partial charge on any atom is -0.452 e. The van der Waals surface area contributed by atoms with E-state index in [1.165, 1.54) is 24.3 Å². The normalized spacial score (nSPS) is 11.7. The van der Waals surface area contributed by atoms with Crippen LogP contribution >= 0.6 is 0 Å². The second-order valence-corrected chi connectivity index (χ2v) is 9.24. The molecule has 7 nitrogen and oxygen atoms in total. The maximum atomic E-state index is 12.4.